The van der Waals surface area contributed by atoms with Crippen molar-refractivity contribution in [2.45, 2.75) is 59.4 Å². The van der Waals surface area contributed by atoms with E-state index < -0.39 is 0 Å². The molecule has 0 saturated heterocycles. The van der Waals surface area contributed by atoms with Gasteiger partial charge in [0, 0.05) is 6.04 Å². The van der Waals surface area contributed by atoms with Crippen LogP contribution >= 0.6 is 0 Å². The van der Waals surface area contributed by atoms with Crippen LogP contribution in [-0.2, 0) is 0 Å². The van der Waals surface area contributed by atoms with Gasteiger partial charge >= 0.3 is 0 Å². The van der Waals surface area contributed by atoms with Crippen LogP contribution in [0.1, 0.15) is 65.0 Å². The van der Waals surface area contributed by atoms with Gasteiger partial charge in [0.15, 0.2) is 0 Å². The van der Waals surface area contributed by atoms with Gasteiger partial charge in [-0.15, -0.1) is 0 Å². The van der Waals surface area contributed by atoms with Crippen molar-refractivity contribution in [2.75, 3.05) is 13.2 Å². The maximum absolute atomic E-state index is 5.72. The summed E-state index contributed by atoms with van der Waals surface area (Å²) >= 11 is 0. The zero-order valence-corrected chi connectivity index (χ0v) is 13.6. The molecule has 1 N–H and O–H groups in total. The van der Waals surface area contributed by atoms with Crippen molar-refractivity contribution in [2.24, 2.45) is 5.92 Å². The summed E-state index contributed by atoms with van der Waals surface area (Å²) in [5.41, 5.74) is 1.37. The van der Waals surface area contributed by atoms with E-state index in [4.69, 9.17) is 4.74 Å². The zero-order valence-electron chi connectivity index (χ0n) is 13.6. The lowest BCUT2D eigenvalue weighted by molar-refractivity contribution is 0.309. The van der Waals surface area contributed by atoms with E-state index in [0.717, 1.165) is 25.3 Å². The standard InChI is InChI=1S/C18H31NO/c1-5-7-13-20-17-10-8-16(9-11-17)18(14-15(3)4)19-12-6-2/h8-11,15,18-19H,5-7,12-14H2,1-4H3. The molecule has 0 saturated carbocycles. The second-order valence-corrected chi connectivity index (χ2v) is 5.91. The molecular weight excluding hydrogens is 246 g/mol. The second-order valence-electron chi connectivity index (χ2n) is 5.91. The minimum absolute atomic E-state index is 0.458. The van der Waals surface area contributed by atoms with E-state index in [1.807, 2.05) is 0 Å². The molecule has 0 aliphatic heterocycles. The van der Waals surface area contributed by atoms with E-state index in [0.29, 0.717) is 12.0 Å². The molecule has 0 amide bonds. The third kappa shape index (κ3) is 6.42. The van der Waals surface area contributed by atoms with E-state index in [9.17, 15) is 0 Å². The molecule has 0 radical (unpaired) electrons. The van der Waals surface area contributed by atoms with E-state index in [-0.39, 0.29) is 0 Å². The maximum atomic E-state index is 5.72. The Bertz CT molecular complexity index is 345. The molecule has 0 aliphatic rings. The lowest BCUT2D eigenvalue weighted by Crippen LogP contribution is -2.23. The fraction of sp³-hybridized carbons (Fsp3) is 0.667. The Kier molecular flexibility index (Phi) is 8.36. The largest absolute Gasteiger partial charge is 0.494 e. The molecule has 20 heavy (non-hydrogen) atoms. The van der Waals surface area contributed by atoms with E-state index in [2.05, 4.69) is 57.3 Å². The summed E-state index contributed by atoms with van der Waals surface area (Å²) in [5.74, 6) is 1.69. The summed E-state index contributed by atoms with van der Waals surface area (Å²) in [6.45, 7) is 10.9. The molecule has 1 atom stereocenters. The fourth-order valence-electron chi connectivity index (χ4n) is 2.26. The molecule has 0 heterocycles. The van der Waals surface area contributed by atoms with Crippen molar-refractivity contribution in [3.05, 3.63) is 29.8 Å². The van der Waals surface area contributed by atoms with Gasteiger partial charge in [-0.25, -0.2) is 0 Å². The Labute approximate surface area is 124 Å². The average Bonchev–Trinajstić information content (AvgIpc) is 2.44. The third-order valence-electron chi connectivity index (χ3n) is 3.40. The highest BCUT2D eigenvalue weighted by Crippen LogP contribution is 2.23. The summed E-state index contributed by atoms with van der Waals surface area (Å²) in [7, 11) is 0. The highest BCUT2D eigenvalue weighted by molar-refractivity contribution is 5.29. The number of ether oxygens (including phenoxy) is 1. The topological polar surface area (TPSA) is 21.3 Å². The van der Waals surface area contributed by atoms with Gasteiger partial charge in [0.1, 0.15) is 5.75 Å². The quantitative estimate of drug-likeness (QED) is 0.611. The van der Waals surface area contributed by atoms with Crippen LogP contribution in [0.4, 0.5) is 0 Å². The van der Waals surface area contributed by atoms with Gasteiger partial charge in [-0.3, -0.25) is 0 Å². The first-order valence-corrected chi connectivity index (χ1v) is 8.13. The van der Waals surface area contributed by atoms with Gasteiger partial charge < -0.3 is 10.1 Å². The number of hydrogen-bond acceptors (Lipinski definition) is 2. The number of hydrogen-bond donors (Lipinski definition) is 1. The highest BCUT2D eigenvalue weighted by Gasteiger charge is 2.12. The number of nitrogens with one attached hydrogen (secondary N) is 1. The van der Waals surface area contributed by atoms with Gasteiger partial charge in [-0.1, -0.05) is 46.2 Å². The molecule has 0 aromatic heterocycles. The van der Waals surface area contributed by atoms with E-state index in [1.54, 1.807) is 0 Å². The molecule has 1 unspecified atom stereocenters. The van der Waals surface area contributed by atoms with E-state index >= 15 is 0 Å². The van der Waals surface area contributed by atoms with Crippen LogP contribution in [-0.4, -0.2) is 13.2 Å². The molecule has 0 bridgehead atoms. The lowest BCUT2D eigenvalue weighted by atomic mass is 9.97. The molecule has 0 fully saturated rings. The fourth-order valence-corrected chi connectivity index (χ4v) is 2.26. The molecule has 2 nitrogen and oxygen atoms in total. The molecule has 1 aromatic carbocycles. The first-order chi connectivity index (χ1) is 9.67. The van der Waals surface area contributed by atoms with Crippen LogP contribution in [0.25, 0.3) is 0 Å². The normalized spacial score (nSPS) is 12.7. The Balaban J connectivity index is 2.61. The van der Waals surface area contributed by atoms with Crippen molar-refractivity contribution in [1.29, 1.82) is 0 Å². The van der Waals surface area contributed by atoms with Crippen molar-refractivity contribution in [3.8, 4) is 5.75 Å². The van der Waals surface area contributed by atoms with Gasteiger partial charge in [0.05, 0.1) is 6.61 Å². The van der Waals surface area contributed by atoms with Gasteiger partial charge in [-0.05, 0) is 49.4 Å². The molecule has 0 spiro atoms. The summed E-state index contributed by atoms with van der Waals surface area (Å²) in [6, 6.07) is 9.07. The van der Waals surface area contributed by atoms with Gasteiger partial charge in [0.25, 0.3) is 0 Å². The molecule has 114 valence electrons. The number of rotatable bonds is 10. The highest BCUT2D eigenvalue weighted by atomic mass is 16.5. The second kappa shape index (κ2) is 9.82. The van der Waals surface area contributed by atoms with Crippen LogP contribution in [0.5, 0.6) is 5.75 Å². The minimum Gasteiger partial charge on any atom is -0.494 e. The number of benzene rings is 1. The SMILES string of the molecule is CCCCOc1ccc(C(CC(C)C)NCCC)cc1. The molecule has 1 rings (SSSR count). The maximum Gasteiger partial charge on any atom is 0.119 e. The van der Waals surface area contributed by atoms with Crippen LogP contribution in [0.2, 0.25) is 0 Å². The van der Waals surface area contributed by atoms with Crippen LogP contribution in [0, 0.1) is 5.92 Å². The molecule has 1 aromatic rings. The smallest absolute Gasteiger partial charge is 0.119 e. The minimum atomic E-state index is 0.458. The zero-order chi connectivity index (χ0) is 14.8. The summed E-state index contributed by atoms with van der Waals surface area (Å²) < 4.78 is 5.72. The first kappa shape index (κ1) is 17.0. The van der Waals surface area contributed by atoms with Crippen molar-refractivity contribution in [3.63, 3.8) is 0 Å². The van der Waals surface area contributed by atoms with Crippen LogP contribution < -0.4 is 10.1 Å². The Morgan fingerprint density at radius 2 is 1.75 bits per heavy atom. The predicted molar refractivity (Wildman–Crippen MR) is 87.3 cm³/mol. The third-order valence-corrected chi connectivity index (χ3v) is 3.40. The van der Waals surface area contributed by atoms with Crippen LogP contribution in [0.15, 0.2) is 24.3 Å². The lowest BCUT2D eigenvalue weighted by Gasteiger charge is -2.21. The van der Waals surface area contributed by atoms with E-state index in [1.165, 1.54) is 24.8 Å². The van der Waals surface area contributed by atoms with Gasteiger partial charge in [0.2, 0.25) is 0 Å². The Hall–Kier alpha value is -1.02. The van der Waals surface area contributed by atoms with Gasteiger partial charge in [-0.2, -0.15) is 0 Å². The van der Waals surface area contributed by atoms with Crippen molar-refractivity contribution in [1.82, 2.24) is 5.32 Å². The van der Waals surface area contributed by atoms with Crippen LogP contribution in [0.3, 0.4) is 0 Å². The predicted octanol–water partition coefficient (Wildman–Crippen LogP) is 4.95. The van der Waals surface area contributed by atoms with Crippen molar-refractivity contribution >= 4 is 0 Å². The first-order valence-electron chi connectivity index (χ1n) is 8.13. The molecule has 0 aliphatic carbocycles. The average molecular weight is 277 g/mol. The summed E-state index contributed by atoms with van der Waals surface area (Å²) in [5, 5.41) is 3.65. The molecular formula is C18H31NO. The summed E-state index contributed by atoms with van der Waals surface area (Å²) in [6.07, 6.45) is 4.65. The van der Waals surface area contributed by atoms with Crippen molar-refractivity contribution < 1.29 is 4.74 Å². The monoisotopic (exact) mass is 277 g/mol. The molecule has 2 heteroatoms. The Morgan fingerprint density at radius 1 is 1.05 bits per heavy atom. The Morgan fingerprint density at radius 3 is 2.30 bits per heavy atom. The summed E-state index contributed by atoms with van der Waals surface area (Å²) in [4.78, 5) is 0. The number of unbranched alkanes of at least 4 members (excludes halogenated alkanes) is 1.